The monoisotopic (exact) mass is 509 g/mol. The van der Waals surface area contributed by atoms with Gasteiger partial charge in [-0.05, 0) is 49.6 Å². The van der Waals surface area contributed by atoms with Crippen molar-refractivity contribution in [3.05, 3.63) is 117 Å². The van der Waals surface area contributed by atoms with Crippen LogP contribution in [0, 0.1) is 6.92 Å². The lowest BCUT2D eigenvalue weighted by atomic mass is 10.1. The first-order valence-electron chi connectivity index (χ1n) is 11.7. The first-order valence-corrected chi connectivity index (χ1v) is 12.1. The minimum atomic E-state index is -0.576. The smallest absolute Gasteiger partial charge is 0.274 e. The minimum absolute atomic E-state index is 0.0169. The number of aromatic nitrogens is 3. The number of aryl methyl sites for hydroxylation is 1. The van der Waals surface area contributed by atoms with Crippen molar-refractivity contribution >= 4 is 34.1 Å². The second-order valence-electron chi connectivity index (χ2n) is 8.80. The highest BCUT2D eigenvalue weighted by atomic mass is 35.5. The number of rotatable bonds is 5. The third-order valence-electron chi connectivity index (χ3n) is 6.16. The number of anilines is 1. The van der Waals surface area contributed by atoms with Gasteiger partial charge in [0, 0.05) is 16.9 Å². The third-order valence-corrected chi connectivity index (χ3v) is 6.47. The van der Waals surface area contributed by atoms with E-state index in [1.807, 2.05) is 73.7 Å². The molecule has 7 nitrogen and oxygen atoms in total. The highest BCUT2D eigenvalue weighted by Gasteiger charge is 2.22. The van der Waals surface area contributed by atoms with E-state index >= 15 is 0 Å². The standard InChI is InChI=1S/C29H24ClN5O2/c1-17-8-6-9-19(14-17)23-16-32-27(31)26(34-23)28(36)33-18(2)24-15-20-10-7-13-22(30)25(20)29(37)35(24)21-11-4-3-5-12-21/h3-16,18H,1-2H3,(H2,31,32)(H,33,36)/t18-/m0/s1. The third kappa shape index (κ3) is 4.69. The second kappa shape index (κ2) is 9.87. The van der Waals surface area contributed by atoms with Crippen LogP contribution in [0.25, 0.3) is 27.7 Å². The number of carbonyl (C=O) groups excluding carboxylic acids is 1. The molecule has 1 atom stereocenters. The SMILES string of the molecule is Cc1cccc(-c2cnc(N)c(C(=O)N[C@@H](C)c3cc4cccc(Cl)c4c(=O)n3-c3ccccc3)n2)c1. The number of nitrogens with zero attached hydrogens (tertiary/aromatic N) is 3. The van der Waals surface area contributed by atoms with Crippen LogP contribution in [0.3, 0.4) is 0 Å². The molecule has 1 amide bonds. The molecular formula is C29H24ClN5O2. The topological polar surface area (TPSA) is 103 Å². The summed E-state index contributed by atoms with van der Waals surface area (Å²) in [5.41, 5.74) is 9.46. The van der Waals surface area contributed by atoms with Crippen LogP contribution in [0.4, 0.5) is 5.82 Å². The maximum absolute atomic E-state index is 13.6. The van der Waals surface area contributed by atoms with E-state index in [-0.39, 0.29) is 17.1 Å². The quantitative estimate of drug-likeness (QED) is 0.326. The number of nitrogens with one attached hydrogen (secondary N) is 1. The number of amides is 1. The Kier molecular flexibility index (Phi) is 6.46. The van der Waals surface area contributed by atoms with E-state index < -0.39 is 11.9 Å². The number of hydrogen-bond donors (Lipinski definition) is 2. The average molecular weight is 510 g/mol. The van der Waals surface area contributed by atoms with E-state index in [4.69, 9.17) is 17.3 Å². The second-order valence-corrected chi connectivity index (χ2v) is 9.21. The molecule has 3 aromatic carbocycles. The van der Waals surface area contributed by atoms with Gasteiger partial charge in [0.1, 0.15) is 0 Å². The Morgan fingerprint density at radius 3 is 2.54 bits per heavy atom. The van der Waals surface area contributed by atoms with Crippen molar-refractivity contribution in [1.29, 1.82) is 0 Å². The van der Waals surface area contributed by atoms with Crippen LogP contribution >= 0.6 is 11.6 Å². The van der Waals surface area contributed by atoms with Gasteiger partial charge in [0.05, 0.1) is 28.3 Å². The van der Waals surface area contributed by atoms with Crippen LogP contribution in [0.1, 0.15) is 34.7 Å². The highest BCUT2D eigenvalue weighted by molar-refractivity contribution is 6.35. The van der Waals surface area contributed by atoms with E-state index in [9.17, 15) is 9.59 Å². The summed E-state index contributed by atoms with van der Waals surface area (Å²) in [5, 5.41) is 4.41. The molecule has 2 aromatic heterocycles. The predicted molar refractivity (Wildman–Crippen MR) is 147 cm³/mol. The van der Waals surface area contributed by atoms with E-state index in [1.54, 1.807) is 29.8 Å². The van der Waals surface area contributed by atoms with Crippen LogP contribution < -0.4 is 16.6 Å². The molecule has 0 unspecified atom stereocenters. The summed E-state index contributed by atoms with van der Waals surface area (Å²) in [6, 6.07) is 23.6. The zero-order valence-electron chi connectivity index (χ0n) is 20.3. The van der Waals surface area contributed by atoms with Crippen molar-refractivity contribution in [3.63, 3.8) is 0 Å². The normalized spacial score (nSPS) is 11.9. The van der Waals surface area contributed by atoms with Gasteiger partial charge < -0.3 is 11.1 Å². The molecule has 8 heteroatoms. The van der Waals surface area contributed by atoms with Gasteiger partial charge in [-0.1, -0.05) is 65.7 Å². The van der Waals surface area contributed by atoms with Crippen molar-refractivity contribution in [2.75, 3.05) is 5.73 Å². The number of nitrogen functional groups attached to an aromatic ring is 1. The lowest BCUT2D eigenvalue weighted by Gasteiger charge is -2.21. The molecule has 0 aliphatic heterocycles. The van der Waals surface area contributed by atoms with Crippen LogP contribution in [0.2, 0.25) is 5.02 Å². The number of para-hydroxylation sites is 1. The molecule has 0 fully saturated rings. The lowest BCUT2D eigenvalue weighted by Crippen LogP contribution is -2.33. The Balaban J connectivity index is 1.56. The van der Waals surface area contributed by atoms with Gasteiger partial charge in [-0.15, -0.1) is 0 Å². The summed E-state index contributed by atoms with van der Waals surface area (Å²) < 4.78 is 1.57. The maximum Gasteiger partial charge on any atom is 0.274 e. The van der Waals surface area contributed by atoms with E-state index in [0.717, 1.165) is 11.1 Å². The summed E-state index contributed by atoms with van der Waals surface area (Å²) in [6.07, 6.45) is 1.55. The summed E-state index contributed by atoms with van der Waals surface area (Å²) in [7, 11) is 0. The van der Waals surface area contributed by atoms with Gasteiger partial charge in [-0.25, -0.2) is 9.97 Å². The van der Waals surface area contributed by atoms with Gasteiger partial charge in [0.15, 0.2) is 11.5 Å². The van der Waals surface area contributed by atoms with Gasteiger partial charge >= 0.3 is 0 Å². The molecule has 0 radical (unpaired) electrons. The minimum Gasteiger partial charge on any atom is -0.382 e. The molecule has 184 valence electrons. The van der Waals surface area contributed by atoms with Crippen molar-refractivity contribution in [2.45, 2.75) is 19.9 Å². The van der Waals surface area contributed by atoms with Crippen LogP contribution in [-0.4, -0.2) is 20.4 Å². The zero-order valence-corrected chi connectivity index (χ0v) is 21.0. The largest absolute Gasteiger partial charge is 0.382 e. The Morgan fingerprint density at radius 1 is 1.03 bits per heavy atom. The van der Waals surface area contributed by atoms with E-state index in [2.05, 4.69) is 15.3 Å². The first-order chi connectivity index (χ1) is 17.8. The molecule has 0 aliphatic rings. The Labute approximate surface area is 218 Å². The molecule has 0 saturated heterocycles. The number of nitrogens with two attached hydrogens (primary N) is 1. The van der Waals surface area contributed by atoms with Crippen LogP contribution in [-0.2, 0) is 0 Å². The molecule has 5 rings (SSSR count). The van der Waals surface area contributed by atoms with Crippen molar-refractivity contribution < 1.29 is 4.79 Å². The Morgan fingerprint density at radius 2 is 1.78 bits per heavy atom. The number of hydrogen-bond acceptors (Lipinski definition) is 5. The number of carbonyl (C=O) groups is 1. The summed E-state index contributed by atoms with van der Waals surface area (Å²) in [5.74, 6) is -0.475. The van der Waals surface area contributed by atoms with Crippen LogP contribution in [0.5, 0.6) is 0 Å². The molecule has 2 heterocycles. The number of fused-ring (bicyclic) bond motifs is 1. The molecule has 3 N–H and O–H groups in total. The Hall–Kier alpha value is -4.49. The Bertz CT molecular complexity index is 1700. The fourth-order valence-corrected chi connectivity index (χ4v) is 4.61. The zero-order chi connectivity index (χ0) is 26.1. The first kappa shape index (κ1) is 24.2. The molecule has 5 aromatic rings. The van der Waals surface area contributed by atoms with Gasteiger partial charge in [-0.3, -0.25) is 14.2 Å². The molecule has 0 aliphatic carbocycles. The van der Waals surface area contributed by atoms with Crippen molar-refractivity contribution in [3.8, 4) is 16.9 Å². The number of pyridine rings is 1. The molecule has 37 heavy (non-hydrogen) atoms. The van der Waals surface area contributed by atoms with Crippen LogP contribution in [0.15, 0.2) is 89.9 Å². The number of benzene rings is 3. The molecule has 0 saturated carbocycles. The van der Waals surface area contributed by atoms with Gasteiger partial charge in [0.2, 0.25) is 0 Å². The summed E-state index contributed by atoms with van der Waals surface area (Å²) in [6.45, 7) is 3.78. The molecular weight excluding hydrogens is 486 g/mol. The highest BCUT2D eigenvalue weighted by Crippen LogP contribution is 2.26. The fourth-order valence-electron chi connectivity index (χ4n) is 4.35. The number of halogens is 1. The average Bonchev–Trinajstić information content (AvgIpc) is 2.89. The predicted octanol–water partition coefficient (Wildman–Crippen LogP) is 5.48. The van der Waals surface area contributed by atoms with Crippen molar-refractivity contribution in [1.82, 2.24) is 19.9 Å². The molecule has 0 spiro atoms. The van der Waals surface area contributed by atoms with E-state index in [0.29, 0.717) is 32.9 Å². The summed E-state index contributed by atoms with van der Waals surface area (Å²) >= 11 is 6.40. The van der Waals surface area contributed by atoms with E-state index in [1.165, 1.54) is 0 Å². The lowest BCUT2D eigenvalue weighted by molar-refractivity contribution is 0.0934. The molecule has 0 bridgehead atoms. The fraction of sp³-hybridized carbons (Fsp3) is 0.103. The van der Waals surface area contributed by atoms with Gasteiger partial charge in [-0.2, -0.15) is 0 Å². The summed E-state index contributed by atoms with van der Waals surface area (Å²) in [4.78, 5) is 35.7. The van der Waals surface area contributed by atoms with Crippen molar-refractivity contribution in [2.24, 2.45) is 0 Å². The van der Waals surface area contributed by atoms with Gasteiger partial charge in [0.25, 0.3) is 11.5 Å². The maximum atomic E-state index is 13.6.